The first-order valence-corrected chi connectivity index (χ1v) is 6.22. The van der Waals surface area contributed by atoms with E-state index in [-0.39, 0.29) is 11.4 Å². The maximum absolute atomic E-state index is 12.2. The van der Waals surface area contributed by atoms with E-state index in [4.69, 9.17) is 4.74 Å². The van der Waals surface area contributed by atoms with E-state index < -0.39 is 10.8 Å². The number of nitrogens with one attached hydrogen (secondary N) is 1. The second kappa shape index (κ2) is 6.04. The predicted molar refractivity (Wildman–Crippen MR) is 78.8 cm³/mol. The first kappa shape index (κ1) is 14.5. The summed E-state index contributed by atoms with van der Waals surface area (Å²) in [4.78, 5) is 22.8. The summed E-state index contributed by atoms with van der Waals surface area (Å²) in [5.41, 5.74) is 1.08. The molecule has 108 valence electrons. The van der Waals surface area contributed by atoms with E-state index in [2.05, 4.69) is 5.32 Å². The first-order chi connectivity index (χ1) is 10.0. The molecule has 0 saturated heterocycles. The number of methoxy groups -OCH3 is 1. The molecule has 0 aliphatic carbocycles. The van der Waals surface area contributed by atoms with Crippen molar-refractivity contribution >= 4 is 17.3 Å². The van der Waals surface area contributed by atoms with Gasteiger partial charge in [0.1, 0.15) is 11.4 Å². The number of anilines is 1. The Labute approximate surface area is 121 Å². The van der Waals surface area contributed by atoms with Crippen LogP contribution in [0.1, 0.15) is 15.9 Å². The lowest BCUT2D eigenvalue weighted by Crippen LogP contribution is -2.14. The van der Waals surface area contributed by atoms with Gasteiger partial charge in [-0.1, -0.05) is 18.2 Å². The Kier molecular flexibility index (Phi) is 4.18. The molecule has 2 aromatic carbocycles. The van der Waals surface area contributed by atoms with Crippen molar-refractivity contribution in [2.45, 2.75) is 6.92 Å². The molecular weight excluding hydrogens is 272 g/mol. The average molecular weight is 286 g/mol. The van der Waals surface area contributed by atoms with Crippen LogP contribution >= 0.6 is 0 Å². The van der Waals surface area contributed by atoms with Crippen molar-refractivity contribution in [2.24, 2.45) is 0 Å². The number of amides is 1. The highest BCUT2D eigenvalue weighted by Crippen LogP contribution is 2.27. The highest BCUT2D eigenvalue weighted by atomic mass is 16.6. The second-order valence-corrected chi connectivity index (χ2v) is 4.43. The molecule has 6 heteroatoms. The highest BCUT2D eigenvalue weighted by Gasteiger charge is 2.18. The van der Waals surface area contributed by atoms with Crippen LogP contribution in [0.15, 0.2) is 42.5 Å². The van der Waals surface area contributed by atoms with Crippen molar-refractivity contribution < 1.29 is 14.5 Å². The number of carbonyl (C=O) groups is 1. The van der Waals surface area contributed by atoms with Gasteiger partial charge in [0.25, 0.3) is 11.6 Å². The van der Waals surface area contributed by atoms with Gasteiger partial charge in [-0.3, -0.25) is 14.9 Å². The normalized spacial score (nSPS) is 10.0. The van der Waals surface area contributed by atoms with Gasteiger partial charge < -0.3 is 10.1 Å². The van der Waals surface area contributed by atoms with Crippen LogP contribution in [0.2, 0.25) is 0 Å². The van der Waals surface area contributed by atoms with Gasteiger partial charge in [-0.25, -0.2) is 0 Å². The van der Waals surface area contributed by atoms with E-state index in [1.807, 2.05) is 0 Å². The minimum absolute atomic E-state index is 0.141. The minimum Gasteiger partial charge on any atom is -0.496 e. The van der Waals surface area contributed by atoms with Gasteiger partial charge in [-0.05, 0) is 30.7 Å². The van der Waals surface area contributed by atoms with Gasteiger partial charge in [0.15, 0.2) is 0 Å². The molecule has 0 atom stereocenters. The summed E-state index contributed by atoms with van der Waals surface area (Å²) in [6.07, 6.45) is 0. The van der Waals surface area contributed by atoms with E-state index in [9.17, 15) is 14.9 Å². The Bertz CT molecular complexity index is 698. The minimum atomic E-state index is -0.523. The molecule has 0 unspecified atom stereocenters. The number of nitro benzene ring substituents is 1. The van der Waals surface area contributed by atoms with Gasteiger partial charge in [-0.2, -0.15) is 0 Å². The van der Waals surface area contributed by atoms with Crippen LogP contribution in [0, 0.1) is 17.0 Å². The van der Waals surface area contributed by atoms with E-state index in [0.717, 1.165) is 5.56 Å². The lowest BCUT2D eigenvalue weighted by Gasteiger charge is -2.09. The number of para-hydroxylation sites is 1. The third kappa shape index (κ3) is 3.17. The standard InChI is InChI=1S/C15H14N2O4/c1-10-7-8-12(13(9-10)17(19)20)16-15(18)11-5-3-4-6-14(11)21-2/h3-9H,1-2H3,(H,16,18). The molecule has 0 aromatic heterocycles. The zero-order valence-electron chi connectivity index (χ0n) is 11.6. The number of hydrogen-bond acceptors (Lipinski definition) is 4. The van der Waals surface area contributed by atoms with E-state index in [1.165, 1.54) is 19.2 Å². The van der Waals surface area contributed by atoms with Gasteiger partial charge in [-0.15, -0.1) is 0 Å². The Morgan fingerprint density at radius 1 is 1.24 bits per heavy atom. The molecular formula is C15H14N2O4. The molecule has 0 heterocycles. The van der Waals surface area contributed by atoms with Crippen LogP contribution in [0.25, 0.3) is 0 Å². The Hall–Kier alpha value is -2.89. The monoisotopic (exact) mass is 286 g/mol. The number of hydrogen-bond donors (Lipinski definition) is 1. The van der Waals surface area contributed by atoms with E-state index in [1.54, 1.807) is 37.3 Å². The van der Waals surface area contributed by atoms with Crippen molar-refractivity contribution in [2.75, 3.05) is 12.4 Å². The number of nitrogens with zero attached hydrogens (tertiary/aromatic N) is 1. The fourth-order valence-corrected chi connectivity index (χ4v) is 1.92. The summed E-state index contributed by atoms with van der Waals surface area (Å²) in [5, 5.41) is 13.6. The molecule has 0 saturated carbocycles. The topological polar surface area (TPSA) is 81.5 Å². The fraction of sp³-hybridized carbons (Fsp3) is 0.133. The van der Waals surface area contributed by atoms with Crippen LogP contribution in [0.3, 0.4) is 0 Å². The second-order valence-electron chi connectivity index (χ2n) is 4.43. The largest absolute Gasteiger partial charge is 0.496 e. The zero-order valence-corrected chi connectivity index (χ0v) is 11.6. The van der Waals surface area contributed by atoms with E-state index in [0.29, 0.717) is 11.3 Å². The van der Waals surface area contributed by atoms with E-state index >= 15 is 0 Å². The number of nitro groups is 1. The molecule has 0 aliphatic heterocycles. The van der Waals surface area contributed by atoms with Gasteiger partial charge >= 0.3 is 0 Å². The molecule has 1 N–H and O–H groups in total. The molecule has 0 aliphatic rings. The first-order valence-electron chi connectivity index (χ1n) is 6.22. The number of rotatable bonds is 4. The fourth-order valence-electron chi connectivity index (χ4n) is 1.92. The van der Waals surface area contributed by atoms with Gasteiger partial charge in [0.2, 0.25) is 0 Å². The molecule has 2 aromatic rings. The summed E-state index contributed by atoms with van der Waals surface area (Å²) in [6, 6.07) is 11.3. The quantitative estimate of drug-likeness (QED) is 0.691. The van der Waals surface area contributed by atoms with Crippen molar-refractivity contribution in [3.05, 3.63) is 63.7 Å². The number of ether oxygens (including phenoxy) is 1. The lowest BCUT2D eigenvalue weighted by atomic mass is 10.1. The molecule has 6 nitrogen and oxygen atoms in total. The highest BCUT2D eigenvalue weighted by molar-refractivity contribution is 6.07. The number of carbonyl (C=O) groups excluding carboxylic acids is 1. The number of benzene rings is 2. The van der Waals surface area contributed by atoms with Gasteiger partial charge in [0.05, 0.1) is 17.6 Å². The maximum atomic E-state index is 12.2. The Balaban J connectivity index is 2.34. The van der Waals surface area contributed by atoms with Crippen LogP contribution in [0.4, 0.5) is 11.4 Å². The predicted octanol–water partition coefficient (Wildman–Crippen LogP) is 3.16. The van der Waals surface area contributed by atoms with Crippen LogP contribution in [-0.2, 0) is 0 Å². The van der Waals surface area contributed by atoms with Crippen LogP contribution < -0.4 is 10.1 Å². The third-order valence-corrected chi connectivity index (χ3v) is 2.95. The third-order valence-electron chi connectivity index (χ3n) is 2.95. The Morgan fingerprint density at radius 3 is 2.62 bits per heavy atom. The molecule has 0 fully saturated rings. The van der Waals surface area contributed by atoms with Crippen molar-refractivity contribution in [1.29, 1.82) is 0 Å². The average Bonchev–Trinajstić information content (AvgIpc) is 2.48. The van der Waals surface area contributed by atoms with Crippen molar-refractivity contribution in [1.82, 2.24) is 0 Å². The molecule has 1 amide bonds. The zero-order chi connectivity index (χ0) is 15.4. The molecule has 0 bridgehead atoms. The summed E-state index contributed by atoms with van der Waals surface area (Å²) < 4.78 is 5.11. The Morgan fingerprint density at radius 2 is 1.95 bits per heavy atom. The van der Waals surface area contributed by atoms with Gasteiger partial charge in [0, 0.05) is 6.07 Å². The maximum Gasteiger partial charge on any atom is 0.293 e. The summed E-state index contributed by atoms with van der Waals surface area (Å²) in [6.45, 7) is 1.75. The number of aryl methyl sites for hydroxylation is 1. The molecule has 2 rings (SSSR count). The molecule has 21 heavy (non-hydrogen) atoms. The summed E-state index contributed by atoms with van der Waals surface area (Å²) >= 11 is 0. The van der Waals surface area contributed by atoms with Crippen LogP contribution in [-0.4, -0.2) is 17.9 Å². The molecule has 0 radical (unpaired) electrons. The summed E-state index contributed by atoms with van der Waals surface area (Å²) in [7, 11) is 1.46. The van der Waals surface area contributed by atoms with Crippen LogP contribution in [0.5, 0.6) is 5.75 Å². The smallest absolute Gasteiger partial charge is 0.293 e. The SMILES string of the molecule is COc1ccccc1C(=O)Nc1ccc(C)cc1[N+](=O)[O-]. The lowest BCUT2D eigenvalue weighted by molar-refractivity contribution is -0.384. The summed E-state index contributed by atoms with van der Waals surface area (Å²) in [5.74, 6) is -0.0517. The molecule has 0 spiro atoms. The van der Waals surface area contributed by atoms with Crippen molar-refractivity contribution in [3.8, 4) is 5.75 Å². The van der Waals surface area contributed by atoms with Crippen molar-refractivity contribution in [3.63, 3.8) is 0 Å².